The van der Waals surface area contributed by atoms with Gasteiger partial charge in [0.05, 0.1) is 11.5 Å². The first-order valence-corrected chi connectivity index (χ1v) is 8.86. The highest BCUT2D eigenvalue weighted by atomic mass is 32.2. The Labute approximate surface area is 125 Å². The van der Waals surface area contributed by atoms with Gasteiger partial charge < -0.3 is 9.80 Å². The number of pyridine rings is 1. The van der Waals surface area contributed by atoms with Gasteiger partial charge in [0.1, 0.15) is 0 Å². The van der Waals surface area contributed by atoms with Gasteiger partial charge in [-0.25, -0.2) is 13.2 Å². The predicted molar refractivity (Wildman–Crippen MR) is 80.5 cm³/mol. The van der Waals surface area contributed by atoms with E-state index in [1.165, 1.54) is 0 Å². The van der Waals surface area contributed by atoms with Gasteiger partial charge in [-0.2, -0.15) is 0 Å². The third-order valence-electron chi connectivity index (χ3n) is 3.56. The number of nitrogens with zero attached hydrogens (tertiary/aromatic N) is 3. The van der Waals surface area contributed by atoms with Crippen LogP contribution in [0.1, 0.15) is 19.4 Å². The number of carbonyl (C=O) groups is 1. The fourth-order valence-electron chi connectivity index (χ4n) is 2.24. The summed E-state index contributed by atoms with van der Waals surface area (Å²) in [5.74, 6) is 0.106. The average Bonchev–Trinajstić information content (AvgIpc) is 2.45. The molecule has 2 heterocycles. The summed E-state index contributed by atoms with van der Waals surface area (Å²) < 4.78 is 22.9. The van der Waals surface area contributed by atoms with E-state index < -0.39 is 9.84 Å². The molecule has 0 saturated carbocycles. The van der Waals surface area contributed by atoms with Crippen LogP contribution in [0.5, 0.6) is 0 Å². The molecule has 1 aromatic heterocycles. The van der Waals surface area contributed by atoms with Gasteiger partial charge in [-0.15, -0.1) is 0 Å². The van der Waals surface area contributed by atoms with E-state index in [0.717, 1.165) is 5.56 Å². The number of hydrogen-bond donors (Lipinski definition) is 0. The first kappa shape index (κ1) is 15.8. The molecule has 0 N–H and O–H groups in total. The van der Waals surface area contributed by atoms with Crippen molar-refractivity contribution in [2.45, 2.75) is 26.4 Å². The van der Waals surface area contributed by atoms with Crippen molar-refractivity contribution in [2.75, 3.05) is 24.6 Å². The third-order valence-corrected chi connectivity index (χ3v) is 5.17. The molecule has 0 aliphatic carbocycles. The first-order chi connectivity index (χ1) is 9.89. The zero-order chi connectivity index (χ0) is 15.5. The molecule has 116 valence electrons. The van der Waals surface area contributed by atoms with Gasteiger partial charge >= 0.3 is 6.03 Å². The van der Waals surface area contributed by atoms with Crippen molar-refractivity contribution < 1.29 is 13.2 Å². The summed E-state index contributed by atoms with van der Waals surface area (Å²) in [7, 11) is -2.98. The number of hydrogen-bond acceptors (Lipinski definition) is 4. The largest absolute Gasteiger partial charge is 0.323 e. The zero-order valence-corrected chi connectivity index (χ0v) is 13.2. The Hall–Kier alpha value is -1.63. The van der Waals surface area contributed by atoms with Crippen molar-refractivity contribution in [3.63, 3.8) is 0 Å². The Kier molecular flexibility index (Phi) is 4.82. The zero-order valence-electron chi connectivity index (χ0n) is 12.4. The summed E-state index contributed by atoms with van der Waals surface area (Å²) in [6.07, 6.45) is 3.43. The molecule has 0 bridgehead atoms. The molecule has 1 aromatic rings. The maximum atomic E-state index is 12.6. The van der Waals surface area contributed by atoms with E-state index in [1.54, 1.807) is 22.2 Å². The molecule has 1 aliphatic rings. The topological polar surface area (TPSA) is 70.6 Å². The number of rotatable bonds is 3. The van der Waals surface area contributed by atoms with Crippen LogP contribution >= 0.6 is 0 Å². The molecule has 1 fully saturated rings. The van der Waals surface area contributed by atoms with Gasteiger partial charge in [-0.05, 0) is 25.5 Å². The summed E-state index contributed by atoms with van der Waals surface area (Å²) in [5, 5.41) is 0. The highest BCUT2D eigenvalue weighted by molar-refractivity contribution is 7.91. The second-order valence-corrected chi connectivity index (χ2v) is 7.81. The van der Waals surface area contributed by atoms with Crippen molar-refractivity contribution >= 4 is 15.9 Å². The van der Waals surface area contributed by atoms with Crippen LogP contribution in [-0.2, 0) is 16.4 Å². The van der Waals surface area contributed by atoms with Crippen LogP contribution < -0.4 is 0 Å². The molecule has 21 heavy (non-hydrogen) atoms. The van der Waals surface area contributed by atoms with Gasteiger partial charge in [0.15, 0.2) is 9.84 Å². The highest BCUT2D eigenvalue weighted by Gasteiger charge is 2.29. The number of amides is 2. The quantitative estimate of drug-likeness (QED) is 0.839. The average molecular weight is 311 g/mol. The Morgan fingerprint density at radius 2 is 2.05 bits per heavy atom. The number of aromatic nitrogens is 1. The lowest BCUT2D eigenvalue weighted by Crippen LogP contribution is -2.51. The standard InChI is InChI=1S/C14H21N3O3S/c1-12(2)17(11-13-4-3-5-15-10-13)14(18)16-6-8-21(19,20)9-7-16/h3-5,10,12H,6-9,11H2,1-2H3. The molecule has 6 nitrogen and oxygen atoms in total. The molecule has 2 rings (SSSR count). The molecule has 0 radical (unpaired) electrons. The number of sulfone groups is 1. The van der Waals surface area contributed by atoms with Crippen LogP contribution in [0.3, 0.4) is 0 Å². The van der Waals surface area contributed by atoms with Gasteiger partial charge in [0, 0.05) is 38.1 Å². The molecule has 1 aliphatic heterocycles. The van der Waals surface area contributed by atoms with E-state index in [-0.39, 0.29) is 36.7 Å². The summed E-state index contributed by atoms with van der Waals surface area (Å²) in [4.78, 5) is 20.0. The molecule has 0 aromatic carbocycles. The van der Waals surface area contributed by atoms with Gasteiger partial charge in [-0.1, -0.05) is 6.07 Å². The Morgan fingerprint density at radius 1 is 1.38 bits per heavy atom. The van der Waals surface area contributed by atoms with E-state index in [4.69, 9.17) is 0 Å². The SMILES string of the molecule is CC(C)N(Cc1cccnc1)C(=O)N1CCS(=O)(=O)CC1. The lowest BCUT2D eigenvalue weighted by Gasteiger charge is -2.35. The van der Waals surface area contributed by atoms with Gasteiger partial charge in [0.2, 0.25) is 0 Å². The van der Waals surface area contributed by atoms with Crippen LogP contribution in [0.25, 0.3) is 0 Å². The fraction of sp³-hybridized carbons (Fsp3) is 0.571. The van der Waals surface area contributed by atoms with Crippen LogP contribution in [0, 0.1) is 0 Å². The summed E-state index contributed by atoms with van der Waals surface area (Å²) in [5.41, 5.74) is 0.962. The molecule has 0 atom stereocenters. The van der Waals surface area contributed by atoms with Crippen molar-refractivity contribution in [1.29, 1.82) is 0 Å². The van der Waals surface area contributed by atoms with Crippen LogP contribution in [0.2, 0.25) is 0 Å². The number of carbonyl (C=O) groups excluding carboxylic acids is 1. The maximum Gasteiger partial charge on any atom is 0.320 e. The van der Waals surface area contributed by atoms with E-state index in [9.17, 15) is 13.2 Å². The second-order valence-electron chi connectivity index (χ2n) is 5.50. The Morgan fingerprint density at radius 3 is 2.57 bits per heavy atom. The highest BCUT2D eigenvalue weighted by Crippen LogP contribution is 2.13. The first-order valence-electron chi connectivity index (χ1n) is 7.04. The lowest BCUT2D eigenvalue weighted by atomic mass is 10.2. The van der Waals surface area contributed by atoms with E-state index in [2.05, 4.69) is 4.98 Å². The minimum atomic E-state index is -2.98. The molecule has 0 spiro atoms. The molecule has 2 amide bonds. The van der Waals surface area contributed by atoms with Gasteiger partial charge in [0.25, 0.3) is 0 Å². The van der Waals surface area contributed by atoms with Crippen LogP contribution in [-0.4, -0.2) is 59.9 Å². The minimum Gasteiger partial charge on any atom is -0.323 e. The lowest BCUT2D eigenvalue weighted by molar-refractivity contribution is 0.140. The molecular weight excluding hydrogens is 290 g/mol. The molecular formula is C14H21N3O3S. The van der Waals surface area contributed by atoms with Crippen molar-refractivity contribution in [1.82, 2.24) is 14.8 Å². The van der Waals surface area contributed by atoms with Crippen molar-refractivity contribution in [2.24, 2.45) is 0 Å². The molecule has 0 unspecified atom stereocenters. The van der Waals surface area contributed by atoms with Crippen molar-refractivity contribution in [3.8, 4) is 0 Å². The minimum absolute atomic E-state index is 0.0382. The van der Waals surface area contributed by atoms with Crippen LogP contribution in [0.4, 0.5) is 4.79 Å². The maximum absolute atomic E-state index is 12.6. The van der Waals surface area contributed by atoms with Crippen LogP contribution in [0.15, 0.2) is 24.5 Å². The predicted octanol–water partition coefficient (Wildman–Crippen LogP) is 1.14. The normalized spacial score (nSPS) is 17.8. The van der Waals surface area contributed by atoms with E-state index in [0.29, 0.717) is 6.54 Å². The molecule has 7 heteroatoms. The fourth-order valence-corrected chi connectivity index (χ4v) is 3.45. The summed E-state index contributed by atoms with van der Waals surface area (Å²) in [6, 6.07) is 3.70. The Bertz CT molecular complexity index is 573. The van der Waals surface area contributed by atoms with Gasteiger partial charge in [-0.3, -0.25) is 4.98 Å². The summed E-state index contributed by atoms with van der Waals surface area (Å²) in [6.45, 7) is 4.94. The summed E-state index contributed by atoms with van der Waals surface area (Å²) >= 11 is 0. The monoisotopic (exact) mass is 311 g/mol. The van der Waals surface area contributed by atoms with Crippen molar-refractivity contribution in [3.05, 3.63) is 30.1 Å². The Balaban J connectivity index is 2.06. The van der Waals surface area contributed by atoms with E-state index in [1.807, 2.05) is 26.0 Å². The number of urea groups is 1. The van der Waals surface area contributed by atoms with E-state index >= 15 is 0 Å². The second kappa shape index (κ2) is 6.43. The molecule has 1 saturated heterocycles. The third kappa shape index (κ3) is 4.17. The smallest absolute Gasteiger partial charge is 0.320 e.